The SMILES string of the molecule is Cc1nc2c(O)cc(-c3cnn(C(C)(C)C)c3)cc2n1Cc1ccccc1. The molecule has 0 radical (unpaired) electrons. The van der Waals surface area contributed by atoms with Crippen LogP contribution in [0.25, 0.3) is 22.2 Å². The lowest BCUT2D eigenvalue weighted by molar-refractivity contribution is 0.355. The average molecular weight is 360 g/mol. The van der Waals surface area contributed by atoms with Crippen LogP contribution in [0, 0.1) is 6.92 Å². The summed E-state index contributed by atoms with van der Waals surface area (Å²) < 4.78 is 4.08. The number of aromatic nitrogens is 4. The summed E-state index contributed by atoms with van der Waals surface area (Å²) in [6.07, 6.45) is 3.86. The van der Waals surface area contributed by atoms with E-state index in [1.54, 1.807) is 6.07 Å². The van der Waals surface area contributed by atoms with Gasteiger partial charge in [0.2, 0.25) is 0 Å². The molecule has 0 aliphatic carbocycles. The Morgan fingerprint density at radius 3 is 2.44 bits per heavy atom. The summed E-state index contributed by atoms with van der Waals surface area (Å²) >= 11 is 0. The summed E-state index contributed by atoms with van der Waals surface area (Å²) in [6.45, 7) is 9.03. The number of phenols is 1. The maximum Gasteiger partial charge on any atom is 0.144 e. The summed E-state index contributed by atoms with van der Waals surface area (Å²) in [4.78, 5) is 4.58. The summed E-state index contributed by atoms with van der Waals surface area (Å²) in [5.41, 5.74) is 4.59. The highest BCUT2D eigenvalue weighted by atomic mass is 16.3. The van der Waals surface area contributed by atoms with E-state index in [1.165, 1.54) is 5.56 Å². The molecule has 5 heteroatoms. The molecule has 0 saturated carbocycles. The second-order valence-corrected chi connectivity index (χ2v) is 7.94. The van der Waals surface area contributed by atoms with Crippen LogP contribution in [0.4, 0.5) is 0 Å². The van der Waals surface area contributed by atoms with E-state index in [2.05, 4.69) is 53.6 Å². The van der Waals surface area contributed by atoms with Gasteiger partial charge in [-0.1, -0.05) is 30.3 Å². The summed E-state index contributed by atoms with van der Waals surface area (Å²) in [5.74, 6) is 1.08. The van der Waals surface area contributed by atoms with Gasteiger partial charge in [-0.3, -0.25) is 4.68 Å². The molecule has 2 heterocycles. The van der Waals surface area contributed by atoms with E-state index in [1.807, 2.05) is 42.2 Å². The van der Waals surface area contributed by atoms with E-state index in [0.717, 1.165) is 22.5 Å². The minimum absolute atomic E-state index is 0.0872. The van der Waals surface area contributed by atoms with Crippen molar-refractivity contribution in [3.05, 3.63) is 66.2 Å². The minimum Gasteiger partial charge on any atom is -0.506 e. The molecule has 0 unspecified atom stereocenters. The highest BCUT2D eigenvalue weighted by Crippen LogP contribution is 2.33. The third-order valence-electron chi connectivity index (χ3n) is 4.81. The number of hydrogen-bond donors (Lipinski definition) is 1. The lowest BCUT2D eigenvalue weighted by Gasteiger charge is -2.18. The first-order chi connectivity index (χ1) is 12.8. The van der Waals surface area contributed by atoms with Crippen LogP contribution in [0.3, 0.4) is 0 Å². The number of phenolic OH excluding ortho intramolecular Hbond substituents is 1. The molecule has 4 rings (SSSR count). The molecule has 0 spiro atoms. The van der Waals surface area contributed by atoms with E-state index < -0.39 is 0 Å². The van der Waals surface area contributed by atoms with Crippen LogP contribution in [0.5, 0.6) is 5.75 Å². The molecular formula is C22H24N4O. The Kier molecular flexibility index (Phi) is 4.02. The number of hydrogen-bond acceptors (Lipinski definition) is 3. The molecule has 0 fully saturated rings. The van der Waals surface area contributed by atoms with Crippen molar-refractivity contribution in [2.75, 3.05) is 0 Å². The van der Waals surface area contributed by atoms with Crippen LogP contribution in [-0.2, 0) is 12.1 Å². The molecule has 2 aromatic heterocycles. The number of imidazole rings is 1. The second kappa shape index (κ2) is 6.27. The Morgan fingerprint density at radius 2 is 1.78 bits per heavy atom. The monoisotopic (exact) mass is 360 g/mol. The summed E-state index contributed by atoms with van der Waals surface area (Å²) in [6, 6.07) is 14.1. The van der Waals surface area contributed by atoms with E-state index in [0.29, 0.717) is 12.1 Å². The number of rotatable bonds is 3. The largest absolute Gasteiger partial charge is 0.506 e. The van der Waals surface area contributed by atoms with Crippen molar-refractivity contribution >= 4 is 11.0 Å². The molecule has 0 atom stereocenters. The van der Waals surface area contributed by atoms with E-state index in [-0.39, 0.29) is 11.3 Å². The van der Waals surface area contributed by atoms with Gasteiger partial charge in [-0.2, -0.15) is 5.10 Å². The first-order valence-electron chi connectivity index (χ1n) is 9.12. The molecule has 27 heavy (non-hydrogen) atoms. The van der Waals surface area contributed by atoms with Crippen molar-refractivity contribution in [1.82, 2.24) is 19.3 Å². The fourth-order valence-corrected chi connectivity index (χ4v) is 3.29. The van der Waals surface area contributed by atoms with Gasteiger partial charge >= 0.3 is 0 Å². The number of fused-ring (bicyclic) bond motifs is 1. The zero-order valence-corrected chi connectivity index (χ0v) is 16.1. The van der Waals surface area contributed by atoms with Gasteiger partial charge in [0, 0.05) is 18.3 Å². The molecule has 0 bridgehead atoms. The van der Waals surface area contributed by atoms with Crippen LogP contribution in [0.2, 0.25) is 0 Å². The lowest BCUT2D eigenvalue weighted by Crippen LogP contribution is -2.21. The van der Waals surface area contributed by atoms with E-state index >= 15 is 0 Å². The van der Waals surface area contributed by atoms with Gasteiger partial charge in [0.05, 0.1) is 17.3 Å². The predicted octanol–water partition coefficient (Wildman–Crippen LogP) is 4.72. The molecule has 138 valence electrons. The zero-order valence-electron chi connectivity index (χ0n) is 16.1. The molecule has 4 aromatic rings. The number of benzene rings is 2. The Hall–Kier alpha value is -3.08. The predicted molar refractivity (Wildman–Crippen MR) is 108 cm³/mol. The Morgan fingerprint density at radius 1 is 1.04 bits per heavy atom. The Bertz CT molecular complexity index is 1100. The van der Waals surface area contributed by atoms with Gasteiger partial charge in [-0.25, -0.2) is 4.98 Å². The second-order valence-electron chi connectivity index (χ2n) is 7.94. The molecule has 2 aromatic carbocycles. The zero-order chi connectivity index (χ0) is 19.2. The molecule has 5 nitrogen and oxygen atoms in total. The van der Waals surface area contributed by atoms with Crippen molar-refractivity contribution in [1.29, 1.82) is 0 Å². The van der Waals surface area contributed by atoms with Gasteiger partial charge in [0.15, 0.2) is 0 Å². The van der Waals surface area contributed by atoms with Crippen LogP contribution in [0.15, 0.2) is 54.9 Å². The third-order valence-corrected chi connectivity index (χ3v) is 4.81. The van der Waals surface area contributed by atoms with Crippen molar-refractivity contribution < 1.29 is 5.11 Å². The quantitative estimate of drug-likeness (QED) is 0.575. The molecule has 0 amide bonds. The van der Waals surface area contributed by atoms with Crippen LogP contribution in [-0.4, -0.2) is 24.4 Å². The van der Waals surface area contributed by atoms with Gasteiger partial charge in [-0.15, -0.1) is 0 Å². The normalized spacial score (nSPS) is 12.0. The van der Waals surface area contributed by atoms with Gasteiger partial charge in [0.25, 0.3) is 0 Å². The summed E-state index contributed by atoms with van der Waals surface area (Å²) in [7, 11) is 0. The Labute approximate surface area is 158 Å². The topological polar surface area (TPSA) is 55.9 Å². The minimum atomic E-state index is -0.0872. The fourth-order valence-electron chi connectivity index (χ4n) is 3.29. The van der Waals surface area contributed by atoms with E-state index in [4.69, 9.17) is 0 Å². The van der Waals surface area contributed by atoms with Gasteiger partial charge in [-0.05, 0) is 51.0 Å². The smallest absolute Gasteiger partial charge is 0.144 e. The molecular weight excluding hydrogens is 336 g/mol. The van der Waals surface area contributed by atoms with Gasteiger partial charge < -0.3 is 9.67 Å². The molecule has 0 saturated heterocycles. The average Bonchev–Trinajstić information content (AvgIpc) is 3.23. The Balaban J connectivity index is 1.82. The standard InChI is InChI=1S/C22H24N4O/c1-15-24-21-19(25(15)13-16-8-6-5-7-9-16)10-17(11-20(21)27)18-12-23-26(14-18)22(2,3)4/h5-12,14,27H,13H2,1-4H3. The fraction of sp³-hybridized carbons (Fsp3) is 0.273. The number of aromatic hydroxyl groups is 1. The maximum absolute atomic E-state index is 10.6. The molecule has 1 N–H and O–H groups in total. The third kappa shape index (κ3) is 3.21. The summed E-state index contributed by atoms with van der Waals surface area (Å²) in [5, 5.41) is 15.1. The first-order valence-corrected chi connectivity index (χ1v) is 9.12. The molecule has 0 aliphatic heterocycles. The van der Waals surface area contributed by atoms with Crippen molar-refractivity contribution in [2.24, 2.45) is 0 Å². The van der Waals surface area contributed by atoms with Gasteiger partial charge in [0.1, 0.15) is 17.1 Å². The van der Waals surface area contributed by atoms with Crippen LogP contribution >= 0.6 is 0 Å². The van der Waals surface area contributed by atoms with Crippen molar-refractivity contribution in [2.45, 2.75) is 39.8 Å². The van der Waals surface area contributed by atoms with Crippen molar-refractivity contribution in [3.63, 3.8) is 0 Å². The number of nitrogens with zero attached hydrogens (tertiary/aromatic N) is 4. The number of aryl methyl sites for hydroxylation is 1. The first kappa shape index (κ1) is 17.3. The lowest BCUT2D eigenvalue weighted by atomic mass is 10.1. The van der Waals surface area contributed by atoms with E-state index in [9.17, 15) is 5.11 Å². The van der Waals surface area contributed by atoms with Crippen LogP contribution in [0.1, 0.15) is 32.2 Å². The van der Waals surface area contributed by atoms with Crippen LogP contribution < -0.4 is 0 Å². The maximum atomic E-state index is 10.6. The highest BCUT2D eigenvalue weighted by molar-refractivity contribution is 5.88. The highest BCUT2D eigenvalue weighted by Gasteiger charge is 2.17. The molecule has 0 aliphatic rings. The van der Waals surface area contributed by atoms with Crippen molar-refractivity contribution in [3.8, 4) is 16.9 Å².